The normalized spacial score (nSPS) is 11.4. The first-order valence-electron chi connectivity index (χ1n) is 19.5. The second-order valence-electron chi connectivity index (χ2n) is 13.9. The maximum absolute atomic E-state index is 13.7. The molecule has 0 heterocycles. The Kier molecular flexibility index (Phi) is 14.4. The third kappa shape index (κ3) is 11.1. The SMILES string of the molecule is CCCC(=O)O/N=C(\C(=O)c1ccc(-c2cc(CCCC(=O)O/N=C(\C(=O)c3ccc(-c4ccc([N+](=O)[O-])cc4)cc3)c3ccccc3)ccc2[N+](=O)[O-])cc1)c1ccccc1. The summed E-state index contributed by atoms with van der Waals surface area (Å²) >= 11 is 0. The Morgan fingerprint density at radius 2 is 1.00 bits per heavy atom. The molecule has 14 nitrogen and oxygen atoms in total. The van der Waals surface area contributed by atoms with Crippen LogP contribution in [0.25, 0.3) is 22.3 Å². The van der Waals surface area contributed by atoms with Gasteiger partial charge in [-0.05, 0) is 59.7 Å². The van der Waals surface area contributed by atoms with Crippen LogP contribution in [0.15, 0.2) is 162 Å². The van der Waals surface area contributed by atoms with Gasteiger partial charge in [-0.1, -0.05) is 132 Å². The van der Waals surface area contributed by atoms with Crippen molar-refractivity contribution in [3.05, 3.63) is 200 Å². The Labute approximate surface area is 355 Å². The molecule has 0 aliphatic rings. The lowest BCUT2D eigenvalue weighted by Crippen LogP contribution is -2.17. The molecule has 0 aliphatic heterocycles. The molecule has 0 fully saturated rings. The minimum atomic E-state index is -0.694. The van der Waals surface area contributed by atoms with E-state index in [0.717, 1.165) is 11.1 Å². The highest BCUT2D eigenvalue weighted by Gasteiger charge is 2.22. The molecule has 0 saturated carbocycles. The van der Waals surface area contributed by atoms with E-state index in [1.807, 2.05) is 6.92 Å². The Bertz CT molecular complexity index is 2660. The third-order valence-corrected chi connectivity index (χ3v) is 9.58. The number of hydrogen-bond donors (Lipinski definition) is 0. The highest BCUT2D eigenvalue weighted by atomic mass is 16.7. The summed E-state index contributed by atoms with van der Waals surface area (Å²) < 4.78 is 0. The van der Waals surface area contributed by atoms with Crippen molar-refractivity contribution in [2.24, 2.45) is 10.3 Å². The lowest BCUT2D eigenvalue weighted by Gasteiger charge is -2.09. The van der Waals surface area contributed by atoms with Gasteiger partial charge in [0.1, 0.15) is 0 Å². The zero-order chi connectivity index (χ0) is 44.0. The number of ketones is 2. The first-order chi connectivity index (χ1) is 30.0. The van der Waals surface area contributed by atoms with E-state index < -0.39 is 33.4 Å². The fourth-order valence-electron chi connectivity index (χ4n) is 6.36. The van der Waals surface area contributed by atoms with E-state index in [4.69, 9.17) is 9.68 Å². The van der Waals surface area contributed by atoms with Gasteiger partial charge in [0, 0.05) is 53.3 Å². The maximum atomic E-state index is 13.7. The molecular weight excluding hydrogens is 793 g/mol. The van der Waals surface area contributed by atoms with Crippen molar-refractivity contribution in [2.75, 3.05) is 0 Å². The number of benzene rings is 6. The fourth-order valence-corrected chi connectivity index (χ4v) is 6.36. The van der Waals surface area contributed by atoms with Gasteiger partial charge in [-0.25, -0.2) is 9.59 Å². The number of nitrogens with zero attached hydrogens (tertiary/aromatic N) is 4. The van der Waals surface area contributed by atoms with Crippen LogP contribution in [-0.4, -0.2) is 44.8 Å². The molecule has 6 rings (SSSR count). The zero-order valence-corrected chi connectivity index (χ0v) is 33.3. The van der Waals surface area contributed by atoms with Crippen molar-refractivity contribution in [3.63, 3.8) is 0 Å². The number of carbonyl (C=O) groups excluding carboxylic acids is 4. The summed E-state index contributed by atoms with van der Waals surface area (Å²) in [5.74, 6) is -2.27. The minimum absolute atomic E-state index is 0.0372. The van der Waals surface area contributed by atoms with Crippen LogP contribution in [0.3, 0.4) is 0 Å². The number of nitro groups is 2. The van der Waals surface area contributed by atoms with Crippen molar-refractivity contribution >= 4 is 46.3 Å². The first kappa shape index (κ1) is 43.3. The average molecular weight is 831 g/mol. The summed E-state index contributed by atoms with van der Waals surface area (Å²) in [5.41, 5.74) is 3.94. The Morgan fingerprint density at radius 1 is 0.532 bits per heavy atom. The molecule has 0 aromatic heterocycles. The summed E-state index contributed by atoms with van der Waals surface area (Å²) in [6, 6.07) is 40.6. The van der Waals surface area contributed by atoms with Crippen LogP contribution >= 0.6 is 0 Å². The maximum Gasteiger partial charge on any atom is 0.335 e. The topological polar surface area (TPSA) is 198 Å². The van der Waals surface area contributed by atoms with Crippen molar-refractivity contribution in [2.45, 2.75) is 39.0 Å². The number of nitro benzene ring substituents is 2. The predicted molar refractivity (Wildman–Crippen MR) is 232 cm³/mol. The average Bonchev–Trinajstić information content (AvgIpc) is 3.30. The quantitative estimate of drug-likeness (QED) is 0.0264. The molecule has 310 valence electrons. The van der Waals surface area contributed by atoms with Gasteiger partial charge in [-0.3, -0.25) is 29.8 Å². The molecular formula is C48H38N4O10. The second kappa shape index (κ2) is 20.6. The van der Waals surface area contributed by atoms with Gasteiger partial charge < -0.3 is 9.68 Å². The highest BCUT2D eigenvalue weighted by molar-refractivity contribution is 6.52. The van der Waals surface area contributed by atoms with E-state index in [1.54, 1.807) is 121 Å². The number of carbonyl (C=O) groups is 4. The summed E-state index contributed by atoms with van der Waals surface area (Å²) in [4.78, 5) is 84.6. The molecule has 0 radical (unpaired) electrons. The van der Waals surface area contributed by atoms with Crippen LogP contribution in [0.5, 0.6) is 0 Å². The largest absolute Gasteiger partial charge is 0.335 e. The Hall–Kier alpha value is -8.26. The van der Waals surface area contributed by atoms with E-state index in [2.05, 4.69) is 10.3 Å². The van der Waals surface area contributed by atoms with Gasteiger partial charge in [0.2, 0.25) is 11.6 Å². The Balaban J connectivity index is 1.13. The number of hydrogen-bond acceptors (Lipinski definition) is 12. The van der Waals surface area contributed by atoms with Crippen LogP contribution < -0.4 is 0 Å². The molecule has 0 bridgehead atoms. The van der Waals surface area contributed by atoms with Crippen LogP contribution in [0.1, 0.15) is 70.0 Å². The van der Waals surface area contributed by atoms with E-state index in [1.165, 1.54) is 30.3 Å². The lowest BCUT2D eigenvalue weighted by molar-refractivity contribution is -0.384. The van der Waals surface area contributed by atoms with Crippen LogP contribution in [0.2, 0.25) is 0 Å². The smallest absolute Gasteiger partial charge is 0.318 e. The monoisotopic (exact) mass is 830 g/mol. The van der Waals surface area contributed by atoms with Crippen molar-refractivity contribution in [1.82, 2.24) is 0 Å². The molecule has 62 heavy (non-hydrogen) atoms. The number of rotatable bonds is 18. The van der Waals surface area contributed by atoms with Crippen LogP contribution in [0.4, 0.5) is 11.4 Å². The van der Waals surface area contributed by atoms with Gasteiger partial charge >= 0.3 is 11.9 Å². The number of Topliss-reactive ketones (excluding diaryl/α,β-unsaturated/α-hetero) is 2. The van der Waals surface area contributed by atoms with E-state index in [0.29, 0.717) is 47.1 Å². The number of non-ortho nitro benzene ring substituents is 1. The number of oxime groups is 2. The summed E-state index contributed by atoms with van der Waals surface area (Å²) in [7, 11) is 0. The van der Waals surface area contributed by atoms with Crippen LogP contribution in [-0.2, 0) is 25.7 Å². The molecule has 0 N–H and O–H groups in total. The third-order valence-electron chi connectivity index (χ3n) is 9.58. The van der Waals surface area contributed by atoms with E-state index >= 15 is 0 Å². The van der Waals surface area contributed by atoms with Gasteiger partial charge in [0.05, 0.1) is 15.4 Å². The molecule has 6 aromatic carbocycles. The molecule has 0 amide bonds. The molecule has 0 aliphatic carbocycles. The van der Waals surface area contributed by atoms with Gasteiger partial charge in [0.25, 0.3) is 11.4 Å². The minimum Gasteiger partial charge on any atom is -0.318 e. The highest BCUT2D eigenvalue weighted by Crippen LogP contribution is 2.32. The standard InChI is InChI=1S/C48H38N4O10/c1-2-10-43(53)61-49-45(36-12-5-3-6-13-36)48(56)39-24-20-35(21-25-39)41-31-32(17-30-42(41)52(59)60)11-9-16-44(54)62-50-46(37-14-7-4-8-15-37)47(55)38-22-18-33(19-23-38)34-26-28-40(29-27-34)51(57)58/h3-8,12-15,17-31H,2,9-11,16H2,1H3/b49-45-,50-46-. The molecule has 0 saturated heterocycles. The van der Waals surface area contributed by atoms with Crippen LogP contribution in [0, 0.1) is 20.2 Å². The first-order valence-corrected chi connectivity index (χ1v) is 19.5. The summed E-state index contributed by atoms with van der Waals surface area (Å²) in [6.07, 6.45) is 1.25. The van der Waals surface area contributed by atoms with Crippen molar-refractivity contribution < 1.29 is 38.7 Å². The molecule has 0 atom stereocenters. The second-order valence-corrected chi connectivity index (χ2v) is 13.9. The summed E-state index contributed by atoms with van der Waals surface area (Å²) in [5, 5.41) is 31.0. The predicted octanol–water partition coefficient (Wildman–Crippen LogP) is 9.92. The Morgan fingerprint density at radius 3 is 1.47 bits per heavy atom. The lowest BCUT2D eigenvalue weighted by atomic mass is 9.95. The summed E-state index contributed by atoms with van der Waals surface area (Å²) in [6.45, 7) is 1.82. The molecule has 0 spiro atoms. The molecule has 14 heteroatoms. The number of aryl methyl sites for hydroxylation is 1. The van der Waals surface area contributed by atoms with Crippen molar-refractivity contribution in [3.8, 4) is 22.3 Å². The molecule has 6 aromatic rings. The zero-order valence-electron chi connectivity index (χ0n) is 33.3. The molecule has 0 unspecified atom stereocenters. The van der Waals surface area contributed by atoms with Gasteiger partial charge in [0.15, 0.2) is 11.4 Å². The van der Waals surface area contributed by atoms with Gasteiger partial charge in [-0.2, -0.15) is 0 Å². The van der Waals surface area contributed by atoms with Crippen molar-refractivity contribution in [1.29, 1.82) is 0 Å². The van der Waals surface area contributed by atoms with E-state index in [-0.39, 0.29) is 46.8 Å². The van der Waals surface area contributed by atoms with Gasteiger partial charge in [-0.15, -0.1) is 0 Å². The van der Waals surface area contributed by atoms with E-state index in [9.17, 15) is 39.4 Å². The fraction of sp³-hybridized carbons (Fsp3) is 0.125.